The van der Waals surface area contributed by atoms with Gasteiger partial charge in [-0.15, -0.1) is 0 Å². The molecule has 120 valence electrons. The van der Waals surface area contributed by atoms with Crippen molar-refractivity contribution in [2.45, 2.75) is 39.4 Å². The van der Waals surface area contributed by atoms with Gasteiger partial charge in [-0.25, -0.2) is 0 Å². The van der Waals surface area contributed by atoms with Gasteiger partial charge in [-0.3, -0.25) is 4.99 Å². The van der Waals surface area contributed by atoms with Gasteiger partial charge in [0, 0.05) is 31.1 Å². The van der Waals surface area contributed by atoms with Crippen LogP contribution in [0.15, 0.2) is 27.9 Å². The fourth-order valence-corrected chi connectivity index (χ4v) is 2.28. The number of likely N-dealkylation sites (tertiary alicyclic amines) is 1. The Labute approximate surface area is 131 Å². The molecule has 0 spiro atoms. The lowest BCUT2D eigenvalue weighted by atomic mass is 10.1. The number of hydrogen-bond donors (Lipinski definition) is 0. The van der Waals surface area contributed by atoms with Crippen molar-refractivity contribution < 1.29 is 9.26 Å². The molecule has 0 radical (unpaired) electrons. The summed E-state index contributed by atoms with van der Waals surface area (Å²) >= 11 is 0. The quantitative estimate of drug-likeness (QED) is 0.597. The molecule has 0 bridgehead atoms. The number of hydrogen-bond acceptors (Lipinski definition) is 6. The van der Waals surface area contributed by atoms with Crippen LogP contribution in [0.1, 0.15) is 38.4 Å². The zero-order valence-corrected chi connectivity index (χ0v) is 13.5. The van der Waals surface area contributed by atoms with E-state index in [4.69, 9.17) is 9.26 Å². The van der Waals surface area contributed by atoms with Gasteiger partial charge in [-0.05, 0) is 39.8 Å². The maximum atomic E-state index is 5.86. The first-order valence-electron chi connectivity index (χ1n) is 7.66. The third-order valence-electron chi connectivity index (χ3n) is 3.63. The minimum atomic E-state index is 0.284. The summed E-state index contributed by atoms with van der Waals surface area (Å²) in [6.07, 6.45) is 9.60. The molecule has 0 saturated carbocycles. The van der Waals surface area contributed by atoms with Crippen LogP contribution in [0.2, 0.25) is 0 Å². The first-order valence-corrected chi connectivity index (χ1v) is 7.66. The molecule has 0 aliphatic carbocycles. The van der Waals surface area contributed by atoms with Crippen molar-refractivity contribution in [1.82, 2.24) is 15.0 Å². The van der Waals surface area contributed by atoms with Crippen LogP contribution in [0.3, 0.4) is 0 Å². The number of allylic oxidation sites excluding steroid dienone is 3. The highest BCUT2D eigenvalue weighted by Crippen LogP contribution is 2.16. The standard InChI is InChI=1S/C16H24N4O2/c1-4-13(6-9-17-5-2)16-18-15(22-19-16)12-21-14-7-10-20(3)11-8-14/h4-6,9,14H,7-8,10-12H2,1-3H3/b9-6-,13-4+,17-5?. The summed E-state index contributed by atoms with van der Waals surface area (Å²) < 4.78 is 11.1. The van der Waals surface area contributed by atoms with Crippen LogP contribution in [0.5, 0.6) is 0 Å². The molecule has 2 heterocycles. The molecule has 0 aromatic carbocycles. The summed E-state index contributed by atoms with van der Waals surface area (Å²) in [6.45, 7) is 6.32. The predicted molar refractivity (Wildman–Crippen MR) is 86.6 cm³/mol. The van der Waals surface area contributed by atoms with E-state index in [1.165, 1.54) is 0 Å². The minimum absolute atomic E-state index is 0.284. The second kappa shape index (κ2) is 8.60. The average molecular weight is 304 g/mol. The molecule has 2 rings (SSSR count). The van der Waals surface area contributed by atoms with Crippen molar-refractivity contribution in [2.75, 3.05) is 20.1 Å². The van der Waals surface area contributed by atoms with Gasteiger partial charge in [0.15, 0.2) is 0 Å². The van der Waals surface area contributed by atoms with Gasteiger partial charge in [-0.2, -0.15) is 4.98 Å². The largest absolute Gasteiger partial charge is 0.368 e. The molecule has 1 aromatic heterocycles. The van der Waals surface area contributed by atoms with E-state index in [2.05, 4.69) is 27.1 Å². The van der Waals surface area contributed by atoms with Crippen molar-refractivity contribution in [2.24, 2.45) is 4.99 Å². The van der Waals surface area contributed by atoms with Gasteiger partial charge in [-0.1, -0.05) is 11.2 Å². The van der Waals surface area contributed by atoms with Crippen LogP contribution in [-0.2, 0) is 11.3 Å². The Morgan fingerprint density at radius 1 is 1.41 bits per heavy atom. The number of aliphatic imine (C=N–C) groups is 1. The Morgan fingerprint density at radius 3 is 2.86 bits per heavy atom. The Bertz CT molecular complexity index is 540. The molecule has 1 aliphatic rings. The van der Waals surface area contributed by atoms with Crippen LogP contribution < -0.4 is 0 Å². The van der Waals surface area contributed by atoms with Gasteiger partial charge in [0.05, 0.1) is 6.10 Å². The normalized spacial score (nSPS) is 18.8. The van der Waals surface area contributed by atoms with Crippen LogP contribution in [0.4, 0.5) is 0 Å². The van der Waals surface area contributed by atoms with Gasteiger partial charge in [0.2, 0.25) is 5.82 Å². The smallest absolute Gasteiger partial charge is 0.252 e. The molecule has 6 nitrogen and oxygen atoms in total. The summed E-state index contributed by atoms with van der Waals surface area (Å²) in [5.74, 6) is 1.08. The minimum Gasteiger partial charge on any atom is -0.368 e. The average Bonchev–Trinajstić information content (AvgIpc) is 3.00. The zero-order chi connectivity index (χ0) is 15.8. The van der Waals surface area contributed by atoms with Crippen LogP contribution in [-0.4, -0.2) is 47.5 Å². The van der Waals surface area contributed by atoms with Gasteiger partial charge >= 0.3 is 0 Å². The number of ether oxygens (including phenoxy) is 1. The summed E-state index contributed by atoms with van der Waals surface area (Å²) in [5.41, 5.74) is 0.875. The van der Waals surface area contributed by atoms with E-state index in [0.717, 1.165) is 31.5 Å². The van der Waals surface area contributed by atoms with E-state index in [0.29, 0.717) is 18.3 Å². The Hall–Kier alpha value is -1.79. The topological polar surface area (TPSA) is 63.8 Å². The van der Waals surface area contributed by atoms with E-state index in [-0.39, 0.29) is 6.10 Å². The van der Waals surface area contributed by atoms with E-state index in [1.807, 2.05) is 26.0 Å². The van der Waals surface area contributed by atoms with Crippen molar-refractivity contribution in [3.63, 3.8) is 0 Å². The van der Waals surface area contributed by atoms with Crippen LogP contribution in [0.25, 0.3) is 5.57 Å². The molecule has 22 heavy (non-hydrogen) atoms. The molecule has 1 saturated heterocycles. The lowest BCUT2D eigenvalue weighted by molar-refractivity contribution is -0.00830. The molecule has 6 heteroatoms. The SMILES string of the molecule is CC=N/C=C\C(=C/C)c1noc(COC2CCN(C)CC2)n1. The molecule has 0 unspecified atom stereocenters. The summed E-state index contributed by atoms with van der Waals surface area (Å²) in [7, 11) is 2.13. The lowest BCUT2D eigenvalue weighted by Gasteiger charge is -2.28. The summed E-state index contributed by atoms with van der Waals surface area (Å²) in [5, 5.41) is 4.00. The first-order chi connectivity index (χ1) is 10.7. The molecular weight excluding hydrogens is 280 g/mol. The lowest BCUT2D eigenvalue weighted by Crippen LogP contribution is -2.34. The summed E-state index contributed by atoms with van der Waals surface area (Å²) in [6, 6.07) is 0. The second-order valence-electron chi connectivity index (χ2n) is 5.29. The second-order valence-corrected chi connectivity index (χ2v) is 5.29. The molecule has 0 amide bonds. The molecule has 0 atom stereocenters. The Kier molecular flexibility index (Phi) is 6.48. The number of rotatable bonds is 6. The van der Waals surface area contributed by atoms with Gasteiger partial charge in [0.25, 0.3) is 5.89 Å². The van der Waals surface area contributed by atoms with E-state index in [1.54, 1.807) is 12.4 Å². The maximum absolute atomic E-state index is 5.86. The highest BCUT2D eigenvalue weighted by atomic mass is 16.5. The maximum Gasteiger partial charge on any atom is 0.252 e. The van der Waals surface area contributed by atoms with Gasteiger partial charge in [0.1, 0.15) is 6.61 Å². The van der Waals surface area contributed by atoms with Gasteiger partial charge < -0.3 is 14.2 Å². The first kappa shape index (κ1) is 16.6. The summed E-state index contributed by atoms with van der Waals surface area (Å²) in [4.78, 5) is 10.7. The van der Waals surface area contributed by atoms with Crippen molar-refractivity contribution in [1.29, 1.82) is 0 Å². The molecule has 1 aliphatic heterocycles. The third kappa shape index (κ3) is 4.89. The molecule has 1 aromatic rings. The highest BCUT2D eigenvalue weighted by Gasteiger charge is 2.18. The Morgan fingerprint density at radius 2 is 2.18 bits per heavy atom. The molecule has 1 fully saturated rings. The highest BCUT2D eigenvalue weighted by molar-refractivity contribution is 5.69. The van der Waals surface area contributed by atoms with Crippen molar-refractivity contribution in [3.8, 4) is 0 Å². The van der Waals surface area contributed by atoms with E-state index < -0.39 is 0 Å². The van der Waals surface area contributed by atoms with E-state index in [9.17, 15) is 0 Å². The predicted octanol–water partition coefficient (Wildman–Crippen LogP) is 2.69. The third-order valence-corrected chi connectivity index (χ3v) is 3.63. The van der Waals surface area contributed by atoms with Crippen molar-refractivity contribution >= 4 is 11.8 Å². The number of aromatic nitrogens is 2. The fraction of sp³-hybridized carbons (Fsp3) is 0.562. The van der Waals surface area contributed by atoms with E-state index >= 15 is 0 Å². The molecule has 0 N–H and O–H groups in total. The van der Waals surface area contributed by atoms with Crippen molar-refractivity contribution in [3.05, 3.63) is 30.1 Å². The number of nitrogens with zero attached hydrogens (tertiary/aromatic N) is 4. The van der Waals surface area contributed by atoms with Crippen LogP contribution in [0, 0.1) is 0 Å². The number of piperidine rings is 1. The zero-order valence-electron chi connectivity index (χ0n) is 13.5. The Balaban J connectivity index is 1.88. The fourth-order valence-electron chi connectivity index (χ4n) is 2.28. The molecular formula is C16H24N4O2. The monoisotopic (exact) mass is 304 g/mol. The van der Waals surface area contributed by atoms with Crippen LogP contribution >= 0.6 is 0 Å².